The van der Waals surface area contributed by atoms with Gasteiger partial charge < -0.3 is 11.1 Å². The fourth-order valence-electron chi connectivity index (χ4n) is 2.00. The number of aryl methyl sites for hydroxylation is 1. The number of hydrogen-bond acceptors (Lipinski definition) is 2. The second-order valence-electron chi connectivity index (χ2n) is 4.49. The van der Waals surface area contributed by atoms with Crippen LogP contribution in [-0.2, 0) is 6.42 Å². The van der Waals surface area contributed by atoms with Crippen LogP contribution in [0.25, 0.3) is 0 Å². The van der Waals surface area contributed by atoms with E-state index in [1.807, 2.05) is 24.3 Å². The summed E-state index contributed by atoms with van der Waals surface area (Å²) in [7, 11) is 0. The zero-order valence-electron chi connectivity index (χ0n) is 11.0. The molecule has 0 bridgehead atoms. The highest BCUT2D eigenvalue weighted by atomic mass is 16.1. The molecule has 3 nitrogen and oxygen atoms in total. The third kappa shape index (κ3) is 3.35. The molecule has 0 saturated carbocycles. The highest BCUT2D eigenvalue weighted by Crippen LogP contribution is 2.18. The van der Waals surface area contributed by atoms with Gasteiger partial charge in [-0.15, -0.1) is 0 Å². The maximum Gasteiger partial charge on any atom is 0.255 e. The smallest absolute Gasteiger partial charge is 0.255 e. The largest absolute Gasteiger partial charge is 0.399 e. The van der Waals surface area contributed by atoms with E-state index in [1.165, 1.54) is 0 Å². The van der Waals surface area contributed by atoms with Gasteiger partial charge in [-0.05, 0) is 36.2 Å². The summed E-state index contributed by atoms with van der Waals surface area (Å²) in [6.45, 7) is 2.12. The molecule has 19 heavy (non-hydrogen) atoms. The third-order valence-electron chi connectivity index (χ3n) is 2.93. The van der Waals surface area contributed by atoms with Crippen LogP contribution in [-0.4, -0.2) is 5.91 Å². The molecule has 0 aliphatic rings. The van der Waals surface area contributed by atoms with Crippen LogP contribution in [0, 0.1) is 0 Å². The van der Waals surface area contributed by atoms with Crippen molar-refractivity contribution in [2.75, 3.05) is 11.1 Å². The zero-order valence-corrected chi connectivity index (χ0v) is 11.0. The Morgan fingerprint density at radius 2 is 1.95 bits per heavy atom. The lowest BCUT2D eigenvalue weighted by molar-refractivity contribution is 0.102. The Labute approximate surface area is 113 Å². The molecule has 3 N–H and O–H groups in total. The van der Waals surface area contributed by atoms with Crippen LogP contribution in [0.1, 0.15) is 29.3 Å². The average Bonchev–Trinajstić information content (AvgIpc) is 2.41. The van der Waals surface area contributed by atoms with Gasteiger partial charge in [0.2, 0.25) is 0 Å². The third-order valence-corrected chi connectivity index (χ3v) is 2.93. The molecule has 0 radical (unpaired) electrons. The van der Waals surface area contributed by atoms with E-state index in [2.05, 4.69) is 12.2 Å². The molecule has 0 heterocycles. The second-order valence-corrected chi connectivity index (χ2v) is 4.49. The molecule has 0 saturated heterocycles. The maximum atomic E-state index is 12.2. The first-order valence-electron chi connectivity index (χ1n) is 6.45. The first kappa shape index (κ1) is 13.1. The van der Waals surface area contributed by atoms with Gasteiger partial charge in [0.1, 0.15) is 0 Å². The van der Waals surface area contributed by atoms with E-state index in [0.29, 0.717) is 11.3 Å². The number of carbonyl (C=O) groups excluding carboxylic acids is 1. The Kier molecular flexibility index (Phi) is 4.18. The molecular formula is C16H18N2O. The van der Waals surface area contributed by atoms with Gasteiger partial charge in [0.05, 0.1) is 0 Å². The van der Waals surface area contributed by atoms with E-state index in [4.69, 9.17) is 5.73 Å². The molecular weight excluding hydrogens is 236 g/mol. The number of nitrogens with two attached hydrogens (primary N) is 1. The van der Waals surface area contributed by atoms with E-state index in [9.17, 15) is 4.79 Å². The number of carbonyl (C=O) groups is 1. The van der Waals surface area contributed by atoms with E-state index < -0.39 is 0 Å². The van der Waals surface area contributed by atoms with Crippen molar-refractivity contribution in [2.24, 2.45) is 0 Å². The van der Waals surface area contributed by atoms with Gasteiger partial charge in [0.25, 0.3) is 5.91 Å². The van der Waals surface area contributed by atoms with Gasteiger partial charge in [0, 0.05) is 16.9 Å². The fourth-order valence-corrected chi connectivity index (χ4v) is 2.00. The molecule has 3 heteroatoms. The lowest BCUT2D eigenvalue weighted by atomic mass is 10.1. The summed E-state index contributed by atoms with van der Waals surface area (Å²) in [6, 6.07) is 14.9. The van der Waals surface area contributed by atoms with Crippen molar-refractivity contribution < 1.29 is 4.79 Å². The first-order valence-corrected chi connectivity index (χ1v) is 6.45. The average molecular weight is 254 g/mol. The molecule has 2 rings (SSSR count). The normalized spacial score (nSPS) is 10.2. The van der Waals surface area contributed by atoms with Crippen LogP contribution < -0.4 is 11.1 Å². The molecule has 0 aliphatic heterocycles. The van der Waals surface area contributed by atoms with Crippen LogP contribution >= 0.6 is 0 Å². The lowest BCUT2D eigenvalue weighted by Gasteiger charge is -2.10. The highest BCUT2D eigenvalue weighted by molar-refractivity contribution is 6.05. The number of nitrogen functional groups attached to an aromatic ring is 1. The van der Waals surface area contributed by atoms with E-state index in [0.717, 1.165) is 24.1 Å². The Hall–Kier alpha value is -2.29. The van der Waals surface area contributed by atoms with Crippen molar-refractivity contribution in [2.45, 2.75) is 19.8 Å². The molecule has 2 aromatic rings. The first-order chi connectivity index (χ1) is 9.20. The number of anilines is 2. The van der Waals surface area contributed by atoms with Crippen LogP contribution in [0.5, 0.6) is 0 Å². The summed E-state index contributed by atoms with van der Waals surface area (Å²) in [5.41, 5.74) is 8.88. The minimum atomic E-state index is -0.129. The molecule has 0 spiro atoms. The number of nitrogens with one attached hydrogen (secondary N) is 1. The van der Waals surface area contributed by atoms with Gasteiger partial charge in [-0.25, -0.2) is 0 Å². The molecule has 1 amide bonds. The molecule has 98 valence electrons. The number of benzene rings is 2. The highest BCUT2D eigenvalue weighted by Gasteiger charge is 2.08. The minimum Gasteiger partial charge on any atom is -0.399 e. The Bertz CT molecular complexity index is 578. The van der Waals surface area contributed by atoms with Crippen molar-refractivity contribution in [1.29, 1.82) is 0 Å². The summed E-state index contributed by atoms with van der Waals surface area (Å²) < 4.78 is 0. The van der Waals surface area contributed by atoms with Crippen LogP contribution in [0.2, 0.25) is 0 Å². The quantitative estimate of drug-likeness (QED) is 0.821. The zero-order chi connectivity index (χ0) is 13.7. The summed E-state index contributed by atoms with van der Waals surface area (Å²) in [6.07, 6.45) is 2.00. The minimum absolute atomic E-state index is 0.129. The summed E-state index contributed by atoms with van der Waals surface area (Å²) in [5.74, 6) is -0.129. The van der Waals surface area contributed by atoms with Crippen molar-refractivity contribution in [3.8, 4) is 0 Å². The number of amides is 1. The molecule has 0 unspecified atom stereocenters. The number of hydrogen-bond donors (Lipinski definition) is 2. The van der Waals surface area contributed by atoms with Gasteiger partial charge in [-0.3, -0.25) is 4.79 Å². The predicted octanol–water partition coefficient (Wildman–Crippen LogP) is 3.47. The van der Waals surface area contributed by atoms with Crippen molar-refractivity contribution in [3.05, 3.63) is 59.7 Å². The van der Waals surface area contributed by atoms with Crippen LogP contribution in [0.15, 0.2) is 48.5 Å². The summed E-state index contributed by atoms with van der Waals surface area (Å²) in [5, 5.41) is 2.94. The summed E-state index contributed by atoms with van der Waals surface area (Å²) in [4.78, 5) is 12.2. The monoisotopic (exact) mass is 254 g/mol. The lowest BCUT2D eigenvalue weighted by Crippen LogP contribution is -2.13. The van der Waals surface area contributed by atoms with Crippen LogP contribution in [0.3, 0.4) is 0 Å². The fraction of sp³-hybridized carbons (Fsp3) is 0.188. The molecule has 0 aliphatic carbocycles. The Morgan fingerprint density at radius 3 is 2.68 bits per heavy atom. The van der Waals surface area contributed by atoms with E-state index in [1.54, 1.807) is 24.3 Å². The molecule has 0 aromatic heterocycles. The number of para-hydroxylation sites is 1. The SMILES string of the molecule is CCCc1ccccc1NC(=O)c1cccc(N)c1. The Balaban J connectivity index is 2.19. The number of rotatable bonds is 4. The topological polar surface area (TPSA) is 55.1 Å². The van der Waals surface area contributed by atoms with E-state index >= 15 is 0 Å². The van der Waals surface area contributed by atoms with Gasteiger partial charge >= 0.3 is 0 Å². The second kappa shape index (κ2) is 6.05. The standard InChI is InChI=1S/C16H18N2O/c1-2-6-12-7-3-4-10-15(12)18-16(19)13-8-5-9-14(17)11-13/h3-5,7-11H,2,6,17H2,1H3,(H,18,19). The van der Waals surface area contributed by atoms with Crippen molar-refractivity contribution >= 4 is 17.3 Å². The van der Waals surface area contributed by atoms with Gasteiger partial charge in [-0.2, -0.15) is 0 Å². The Morgan fingerprint density at radius 1 is 1.16 bits per heavy atom. The molecule has 0 fully saturated rings. The summed E-state index contributed by atoms with van der Waals surface area (Å²) >= 11 is 0. The molecule has 2 aromatic carbocycles. The van der Waals surface area contributed by atoms with Gasteiger partial charge in [-0.1, -0.05) is 37.6 Å². The van der Waals surface area contributed by atoms with Crippen molar-refractivity contribution in [1.82, 2.24) is 0 Å². The van der Waals surface area contributed by atoms with Crippen LogP contribution in [0.4, 0.5) is 11.4 Å². The maximum absolute atomic E-state index is 12.2. The molecule has 0 atom stereocenters. The van der Waals surface area contributed by atoms with E-state index in [-0.39, 0.29) is 5.91 Å². The van der Waals surface area contributed by atoms with Crippen molar-refractivity contribution in [3.63, 3.8) is 0 Å². The predicted molar refractivity (Wildman–Crippen MR) is 79.2 cm³/mol. The van der Waals surface area contributed by atoms with Gasteiger partial charge in [0.15, 0.2) is 0 Å².